The molecule has 34 heavy (non-hydrogen) atoms. The second-order valence-corrected chi connectivity index (χ2v) is 8.87. The van der Waals surface area contributed by atoms with Gasteiger partial charge in [0.2, 0.25) is 5.91 Å². The summed E-state index contributed by atoms with van der Waals surface area (Å²) < 4.78 is 34.0. The second kappa shape index (κ2) is 10.6. The third-order valence-corrected chi connectivity index (χ3v) is 6.00. The molecule has 1 unspecified atom stereocenters. The van der Waals surface area contributed by atoms with Gasteiger partial charge in [-0.1, -0.05) is 31.2 Å². The molecule has 0 aliphatic carbocycles. The average molecular weight is 483 g/mol. The fourth-order valence-electron chi connectivity index (χ4n) is 3.53. The number of carbonyl (C=O) groups is 1. The van der Waals surface area contributed by atoms with Gasteiger partial charge in [-0.2, -0.15) is 8.78 Å². The van der Waals surface area contributed by atoms with Gasteiger partial charge >= 0.3 is 6.55 Å². The molecule has 0 aliphatic heterocycles. The standard InChI is InChI=1S/C25H24F2N4O2S/c1-16(24-30-21-8-3-4-9-22(21)31(24)25(26)27)13-28-23(32)11-10-18-6-5-7-20(12-18)33-14-19-15-34-17(2)29-19/h3-12,15-16,25H,13-14H2,1-2H3,(H,28,32)/b11-10+. The number of hydrogen-bond donors (Lipinski definition) is 1. The first-order chi connectivity index (χ1) is 16.4. The predicted octanol–water partition coefficient (Wildman–Crippen LogP) is 5.71. The van der Waals surface area contributed by atoms with Gasteiger partial charge in [0, 0.05) is 23.9 Å². The number of carbonyl (C=O) groups excluding carboxylic acids is 1. The van der Waals surface area contributed by atoms with Crippen molar-refractivity contribution in [1.29, 1.82) is 0 Å². The molecule has 176 valence electrons. The van der Waals surface area contributed by atoms with E-state index in [1.54, 1.807) is 48.6 Å². The van der Waals surface area contributed by atoms with Crippen LogP contribution in [0.1, 0.15) is 41.5 Å². The van der Waals surface area contributed by atoms with Crippen molar-refractivity contribution in [3.63, 3.8) is 0 Å². The van der Waals surface area contributed by atoms with Crippen LogP contribution in [0.2, 0.25) is 0 Å². The minimum atomic E-state index is -2.71. The van der Waals surface area contributed by atoms with E-state index in [2.05, 4.69) is 15.3 Å². The maximum Gasteiger partial charge on any atom is 0.320 e. The lowest BCUT2D eigenvalue weighted by atomic mass is 10.1. The molecule has 0 fully saturated rings. The first-order valence-electron chi connectivity index (χ1n) is 10.8. The van der Waals surface area contributed by atoms with Crippen molar-refractivity contribution in [3.8, 4) is 5.75 Å². The van der Waals surface area contributed by atoms with Crippen molar-refractivity contribution in [1.82, 2.24) is 19.9 Å². The Morgan fingerprint density at radius 1 is 1.21 bits per heavy atom. The Labute approximate surface area is 199 Å². The molecule has 2 aromatic heterocycles. The minimum absolute atomic E-state index is 0.176. The van der Waals surface area contributed by atoms with Crippen LogP contribution in [-0.2, 0) is 11.4 Å². The fraction of sp³-hybridized carbons (Fsp3) is 0.240. The van der Waals surface area contributed by atoms with Gasteiger partial charge in [-0.3, -0.25) is 9.36 Å². The Bertz CT molecular complexity index is 1320. The van der Waals surface area contributed by atoms with Gasteiger partial charge in [0.25, 0.3) is 0 Å². The number of aryl methyl sites for hydroxylation is 1. The summed E-state index contributed by atoms with van der Waals surface area (Å²) >= 11 is 1.57. The summed E-state index contributed by atoms with van der Waals surface area (Å²) in [5.41, 5.74) is 2.55. The van der Waals surface area contributed by atoms with Gasteiger partial charge in [-0.25, -0.2) is 9.97 Å². The highest BCUT2D eigenvalue weighted by molar-refractivity contribution is 7.09. The Morgan fingerprint density at radius 2 is 2.03 bits per heavy atom. The lowest BCUT2D eigenvalue weighted by molar-refractivity contribution is -0.116. The van der Waals surface area contributed by atoms with E-state index >= 15 is 0 Å². The summed E-state index contributed by atoms with van der Waals surface area (Å²) in [5.74, 6) is 0.189. The van der Waals surface area contributed by atoms with E-state index in [-0.39, 0.29) is 18.3 Å². The van der Waals surface area contributed by atoms with Crippen molar-refractivity contribution in [3.05, 3.63) is 82.1 Å². The Kier molecular flexibility index (Phi) is 7.32. The van der Waals surface area contributed by atoms with Crippen LogP contribution in [0.5, 0.6) is 5.75 Å². The lowest BCUT2D eigenvalue weighted by Gasteiger charge is -2.14. The number of aromatic nitrogens is 3. The molecule has 1 amide bonds. The highest BCUT2D eigenvalue weighted by Gasteiger charge is 2.21. The quantitative estimate of drug-likeness (QED) is 0.310. The molecule has 2 heterocycles. The summed E-state index contributed by atoms with van der Waals surface area (Å²) in [7, 11) is 0. The number of fused-ring (bicyclic) bond motifs is 1. The molecule has 1 N–H and O–H groups in total. The van der Waals surface area contributed by atoms with Crippen molar-refractivity contribution in [2.24, 2.45) is 0 Å². The number of amides is 1. The topological polar surface area (TPSA) is 69.0 Å². The molecule has 4 rings (SSSR count). The maximum absolute atomic E-state index is 13.7. The number of halogens is 2. The number of imidazole rings is 1. The summed E-state index contributed by atoms with van der Waals surface area (Å²) in [6.07, 6.45) is 3.08. The van der Waals surface area contributed by atoms with E-state index in [1.807, 2.05) is 36.6 Å². The molecular formula is C25H24F2N4O2S. The van der Waals surface area contributed by atoms with Crippen LogP contribution in [0, 0.1) is 6.92 Å². The SMILES string of the molecule is Cc1nc(COc2cccc(/C=C/C(=O)NCC(C)c3nc4ccccc4n3C(F)F)c2)cs1. The molecule has 4 aromatic rings. The van der Waals surface area contributed by atoms with Crippen LogP contribution in [0.25, 0.3) is 17.1 Å². The van der Waals surface area contributed by atoms with Crippen LogP contribution in [0.4, 0.5) is 8.78 Å². The average Bonchev–Trinajstić information content (AvgIpc) is 3.43. The van der Waals surface area contributed by atoms with Crippen LogP contribution in [-0.4, -0.2) is 27.0 Å². The van der Waals surface area contributed by atoms with Gasteiger partial charge in [-0.15, -0.1) is 11.3 Å². The zero-order valence-corrected chi connectivity index (χ0v) is 19.6. The molecule has 0 bridgehead atoms. The van der Waals surface area contributed by atoms with Crippen LogP contribution >= 0.6 is 11.3 Å². The van der Waals surface area contributed by atoms with Crippen molar-refractivity contribution >= 4 is 34.4 Å². The molecule has 6 nitrogen and oxygen atoms in total. The number of benzene rings is 2. The smallest absolute Gasteiger partial charge is 0.320 e. The van der Waals surface area contributed by atoms with Gasteiger partial charge in [-0.05, 0) is 42.8 Å². The largest absolute Gasteiger partial charge is 0.487 e. The van der Waals surface area contributed by atoms with E-state index in [9.17, 15) is 13.6 Å². The third-order valence-electron chi connectivity index (χ3n) is 5.18. The third kappa shape index (κ3) is 5.66. The monoisotopic (exact) mass is 482 g/mol. The van der Waals surface area contributed by atoms with Crippen molar-refractivity contribution in [2.45, 2.75) is 32.9 Å². The first kappa shape index (κ1) is 23.6. The molecule has 0 aliphatic rings. The Morgan fingerprint density at radius 3 is 2.79 bits per heavy atom. The van der Waals surface area contributed by atoms with E-state index in [0.717, 1.165) is 20.8 Å². The predicted molar refractivity (Wildman–Crippen MR) is 129 cm³/mol. The number of rotatable bonds is 9. The molecular weight excluding hydrogens is 458 g/mol. The molecule has 9 heteroatoms. The number of nitrogens with one attached hydrogen (secondary N) is 1. The molecule has 1 atom stereocenters. The van der Waals surface area contributed by atoms with Gasteiger partial charge in [0.1, 0.15) is 18.2 Å². The normalized spacial score (nSPS) is 12.5. The van der Waals surface area contributed by atoms with Crippen LogP contribution in [0.15, 0.2) is 60.0 Å². The number of ether oxygens (including phenoxy) is 1. The number of hydrogen-bond acceptors (Lipinski definition) is 5. The number of nitrogens with zero attached hydrogens (tertiary/aromatic N) is 3. The van der Waals surface area contributed by atoms with Gasteiger partial charge < -0.3 is 10.1 Å². The van der Waals surface area contributed by atoms with E-state index in [4.69, 9.17) is 4.74 Å². The molecule has 0 radical (unpaired) electrons. The van der Waals surface area contributed by atoms with Crippen LogP contribution in [0.3, 0.4) is 0 Å². The van der Waals surface area contributed by atoms with Crippen LogP contribution < -0.4 is 10.1 Å². The summed E-state index contributed by atoms with van der Waals surface area (Å²) in [6, 6.07) is 14.1. The number of para-hydroxylation sites is 2. The second-order valence-electron chi connectivity index (χ2n) is 7.80. The van der Waals surface area contributed by atoms with Crippen molar-refractivity contribution < 1.29 is 18.3 Å². The van der Waals surface area contributed by atoms with Crippen molar-refractivity contribution in [2.75, 3.05) is 6.54 Å². The maximum atomic E-state index is 13.7. The van der Waals surface area contributed by atoms with Gasteiger partial charge in [0.05, 0.1) is 21.7 Å². The minimum Gasteiger partial charge on any atom is -0.487 e. The molecule has 0 saturated heterocycles. The zero-order valence-electron chi connectivity index (χ0n) is 18.7. The fourth-order valence-corrected chi connectivity index (χ4v) is 4.13. The summed E-state index contributed by atoms with van der Waals surface area (Å²) in [4.78, 5) is 21.1. The Hall–Kier alpha value is -3.59. The molecule has 2 aromatic carbocycles. The number of alkyl halides is 2. The van der Waals surface area contributed by atoms with E-state index in [1.165, 1.54) is 6.08 Å². The highest BCUT2D eigenvalue weighted by Crippen LogP contribution is 2.27. The number of thiazole rings is 1. The summed E-state index contributed by atoms with van der Waals surface area (Å²) in [6.45, 7) is 1.54. The highest BCUT2D eigenvalue weighted by atomic mass is 32.1. The summed E-state index contributed by atoms with van der Waals surface area (Å²) in [5, 5.41) is 5.71. The molecule has 0 spiro atoms. The van der Waals surface area contributed by atoms with Gasteiger partial charge in [0.15, 0.2) is 0 Å². The zero-order chi connectivity index (χ0) is 24.1. The molecule has 0 saturated carbocycles. The van der Waals surface area contributed by atoms with E-state index in [0.29, 0.717) is 23.4 Å². The van der Waals surface area contributed by atoms with E-state index < -0.39 is 12.5 Å². The Balaban J connectivity index is 1.35. The lowest BCUT2D eigenvalue weighted by Crippen LogP contribution is -2.27. The first-order valence-corrected chi connectivity index (χ1v) is 11.6.